The molecule has 17 heavy (non-hydrogen) atoms. The number of carbonyl (C=O) groups excluding carboxylic acids is 1. The van der Waals surface area contributed by atoms with Crippen LogP contribution in [0.5, 0.6) is 0 Å². The lowest BCUT2D eigenvalue weighted by Gasteiger charge is -2.23. The summed E-state index contributed by atoms with van der Waals surface area (Å²) in [5, 5.41) is 6.10. The van der Waals surface area contributed by atoms with Crippen molar-refractivity contribution >= 4 is 17.5 Å². The summed E-state index contributed by atoms with van der Waals surface area (Å²) in [7, 11) is 0. The molecule has 0 radical (unpaired) electrons. The Balaban J connectivity index is 2.01. The van der Waals surface area contributed by atoms with Crippen LogP contribution in [0.2, 0.25) is 5.02 Å². The van der Waals surface area contributed by atoms with Crippen molar-refractivity contribution in [1.29, 1.82) is 0 Å². The van der Waals surface area contributed by atoms with Crippen LogP contribution in [0, 0.1) is 5.82 Å². The lowest BCUT2D eigenvalue weighted by Crippen LogP contribution is -2.45. The SMILES string of the molecule is O=C(N[C@H]1CCCNC1)c1ccc(Cl)c(F)c1. The zero-order valence-electron chi connectivity index (χ0n) is 9.30. The Hall–Kier alpha value is -1.13. The third-order valence-electron chi connectivity index (χ3n) is 2.81. The van der Waals surface area contributed by atoms with Crippen LogP contribution in [-0.4, -0.2) is 25.0 Å². The maximum atomic E-state index is 13.2. The highest BCUT2D eigenvalue weighted by Crippen LogP contribution is 2.15. The first-order chi connectivity index (χ1) is 8.16. The number of nitrogens with one attached hydrogen (secondary N) is 2. The van der Waals surface area contributed by atoms with Crippen molar-refractivity contribution in [2.75, 3.05) is 13.1 Å². The van der Waals surface area contributed by atoms with Gasteiger partial charge in [-0.1, -0.05) is 11.6 Å². The Morgan fingerprint density at radius 2 is 2.35 bits per heavy atom. The molecule has 1 aromatic carbocycles. The number of hydrogen-bond acceptors (Lipinski definition) is 2. The second kappa shape index (κ2) is 5.47. The molecule has 0 bridgehead atoms. The summed E-state index contributed by atoms with van der Waals surface area (Å²) < 4.78 is 13.2. The van der Waals surface area contributed by atoms with Crippen LogP contribution in [0.4, 0.5) is 4.39 Å². The van der Waals surface area contributed by atoms with Crippen LogP contribution in [0.3, 0.4) is 0 Å². The fourth-order valence-corrected chi connectivity index (χ4v) is 2.00. The zero-order chi connectivity index (χ0) is 12.3. The summed E-state index contributed by atoms with van der Waals surface area (Å²) in [6.07, 6.45) is 1.99. The van der Waals surface area contributed by atoms with Crippen molar-refractivity contribution in [2.24, 2.45) is 0 Å². The molecule has 1 atom stereocenters. The second-order valence-corrected chi connectivity index (χ2v) is 4.55. The van der Waals surface area contributed by atoms with Crippen LogP contribution in [0.15, 0.2) is 18.2 Å². The van der Waals surface area contributed by atoms with E-state index in [9.17, 15) is 9.18 Å². The van der Waals surface area contributed by atoms with Gasteiger partial charge in [-0.25, -0.2) is 4.39 Å². The molecule has 1 aliphatic heterocycles. The quantitative estimate of drug-likeness (QED) is 0.849. The summed E-state index contributed by atoms with van der Waals surface area (Å²) >= 11 is 5.56. The van der Waals surface area contributed by atoms with Gasteiger partial charge >= 0.3 is 0 Å². The summed E-state index contributed by atoms with van der Waals surface area (Å²) in [6.45, 7) is 1.75. The third-order valence-corrected chi connectivity index (χ3v) is 3.12. The smallest absolute Gasteiger partial charge is 0.251 e. The number of benzene rings is 1. The summed E-state index contributed by atoms with van der Waals surface area (Å²) in [5.74, 6) is -0.824. The lowest BCUT2D eigenvalue weighted by molar-refractivity contribution is 0.0930. The Bertz CT molecular complexity index is 419. The van der Waals surface area contributed by atoms with E-state index < -0.39 is 5.82 Å². The van der Waals surface area contributed by atoms with E-state index in [-0.39, 0.29) is 17.0 Å². The van der Waals surface area contributed by atoms with Crippen molar-refractivity contribution < 1.29 is 9.18 Å². The van der Waals surface area contributed by atoms with E-state index in [1.807, 2.05) is 0 Å². The molecule has 92 valence electrons. The van der Waals surface area contributed by atoms with Crippen molar-refractivity contribution in [3.63, 3.8) is 0 Å². The average Bonchev–Trinajstić information content (AvgIpc) is 2.34. The van der Waals surface area contributed by atoms with Gasteiger partial charge in [0.1, 0.15) is 5.82 Å². The number of rotatable bonds is 2. The molecule has 1 heterocycles. The van der Waals surface area contributed by atoms with Gasteiger partial charge in [-0.3, -0.25) is 4.79 Å². The minimum Gasteiger partial charge on any atom is -0.348 e. The van der Waals surface area contributed by atoms with Gasteiger partial charge < -0.3 is 10.6 Å². The fourth-order valence-electron chi connectivity index (χ4n) is 1.88. The highest BCUT2D eigenvalue weighted by atomic mass is 35.5. The molecule has 0 saturated carbocycles. The van der Waals surface area contributed by atoms with Gasteiger partial charge in [-0.2, -0.15) is 0 Å². The summed E-state index contributed by atoms with van der Waals surface area (Å²) in [4.78, 5) is 11.8. The average molecular weight is 257 g/mol. The lowest BCUT2D eigenvalue weighted by atomic mass is 10.1. The molecule has 5 heteroatoms. The minimum absolute atomic E-state index is 0.0286. The Kier molecular flexibility index (Phi) is 3.97. The van der Waals surface area contributed by atoms with Crippen molar-refractivity contribution in [3.05, 3.63) is 34.6 Å². The highest BCUT2D eigenvalue weighted by Gasteiger charge is 2.16. The molecule has 1 amide bonds. The molecule has 2 rings (SSSR count). The van der Waals surface area contributed by atoms with Gasteiger partial charge in [0.15, 0.2) is 0 Å². The minimum atomic E-state index is -0.568. The molecule has 2 N–H and O–H groups in total. The third kappa shape index (κ3) is 3.17. The molecule has 0 aliphatic carbocycles. The Labute approximate surface area is 104 Å². The molecule has 1 aromatic rings. The summed E-state index contributed by atoms with van der Waals surface area (Å²) in [5.41, 5.74) is 0.303. The van der Waals surface area contributed by atoms with E-state index in [0.29, 0.717) is 5.56 Å². The Morgan fingerprint density at radius 1 is 1.53 bits per heavy atom. The molecule has 3 nitrogen and oxygen atoms in total. The second-order valence-electron chi connectivity index (χ2n) is 4.15. The standard InChI is InChI=1S/C12H14ClFN2O/c13-10-4-3-8(6-11(10)14)12(17)16-9-2-1-5-15-7-9/h3-4,6,9,15H,1-2,5,7H2,(H,16,17)/t9-/m0/s1. The number of halogens is 2. The van der Waals surface area contributed by atoms with E-state index in [4.69, 9.17) is 11.6 Å². The van der Waals surface area contributed by atoms with E-state index in [1.165, 1.54) is 12.1 Å². The number of amides is 1. The van der Waals surface area contributed by atoms with Crippen molar-refractivity contribution in [3.8, 4) is 0 Å². The molecule has 1 aliphatic rings. The van der Waals surface area contributed by atoms with Gasteiger partial charge in [0, 0.05) is 18.2 Å². The Morgan fingerprint density at radius 3 is 3.00 bits per heavy atom. The van der Waals surface area contributed by atoms with E-state index in [2.05, 4.69) is 10.6 Å². The number of hydrogen-bond donors (Lipinski definition) is 2. The van der Waals surface area contributed by atoms with E-state index in [1.54, 1.807) is 0 Å². The van der Waals surface area contributed by atoms with Crippen LogP contribution in [-0.2, 0) is 0 Å². The number of carbonyl (C=O) groups is 1. The normalized spacial score (nSPS) is 20.0. The molecule has 0 spiro atoms. The zero-order valence-corrected chi connectivity index (χ0v) is 10.1. The molecular formula is C12H14ClFN2O. The fraction of sp³-hybridized carbons (Fsp3) is 0.417. The highest BCUT2D eigenvalue weighted by molar-refractivity contribution is 6.30. The first kappa shape index (κ1) is 12.3. The topological polar surface area (TPSA) is 41.1 Å². The number of piperidine rings is 1. The maximum absolute atomic E-state index is 13.2. The predicted molar refractivity (Wildman–Crippen MR) is 64.8 cm³/mol. The molecule has 1 saturated heterocycles. The van der Waals surface area contributed by atoms with Gasteiger partial charge in [0.25, 0.3) is 5.91 Å². The molecular weight excluding hydrogens is 243 g/mol. The van der Waals surface area contributed by atoms with Gasteiger partial charge in [-0.15, -0.1) is 0 Å². The first-order valence-electron chi connectivity index (χ1n) is 5.63. The molecule has 1 fully saturated rings. The van der Waals surface area contributed by atoms with Crippen molar-refractivity contribution in [1.82, 2.24) is 10.6 Å². The molecule has 0 aromatic heterocycles. The largest absolute Gasteiger partial charge is 0.348 e. The van der Waals surface area contributed by atoms with Crippen molar-refractivity contribution in [2.45, 2.75) is 18.9 Å². The van der Waals surface area contributed by atoms with Gasteiger partial charge in [-0.05, 0) is 37.6 Å². The molecule has 0 unspecified atom stereocenters. The summed E-state index contributed by atoms with van der Waals surface area (Å²) in [6, 6.07) is 4.20. The van der Waals surface area contributed by atoms with E-state index in [0.717, 1.165) is 32.0 Å². The van der Waals surface area contributed by atoms with Gasteiger partial charge in [0.2, 0.25) is 0 Å². The predicted octanol–water partition coefficient (Wildman–Crippen LogP) is 1.96. The van der Waals surface area contributed by atoms with Crippen LogP contribution >= 0.6 is 11.6 Å². The van der Waals surface area contributed by atoms with Crippen LogP contribution in [0.1, 0.15) is 23.2 Å². The van der Waals surface area contributed by atoms with Crippen LogP contribution in [0.25, 0.3) is 0 Å². The maximum Gasteiger partial charge on any atom is 0.251 e. The van der Waals surface area contributed by atoms with E-state index >= 15 is 0 Å². The monoisotopic (exact) mass is 256 g/mol. The van der Waals surface area contributed by atoms with Crippen LogP contribution < -0.4 is 10.6 Å². The first-order valence-corrected chi connectivity index (χ1v) is 6.01. The van der Waals surface area contributed by atoms with Gasteiger partial charge in [0.05, 0.1) is 5.02 Å².